The Bertz CT molecular complexity index is 250. The van der Waals surface area contributed by atoms with Crippen LogP contribution in [-0.2, 0) is 0 Å². The fourth-order valence-electron chi connectivity index (χ4n) is 0.575. The standard InChI is InChI=1S/C6H5Cl2N.CH3NO2/c7-4-1-5(8)3-6(9)2-4;2-1(3)4/h1-3H,9H2;2H2,(H,3,4). The van der Waals surface area contributed by atoms with Crippen molar-refractivity contribution in [1.29, 1.82) is 0 Å². The number of amides is 1. The van der Waals surface area contributed by atoms with Crippen LogP contribution in [0, 0.1) is 0 Å². The van der Waals surface area contributed by atoms with Gasteiger partial charge in [-0.1, -0.05) is 23.2 Å². The molecule has 1 amide bonds. The van der Waals surface area contributed by atoms with E-state index in [-0.39, 0.29) is 0 Å². The fourth-order valence-corrected chi connectivity index (χ4v) is 1.12. The van der Waals surface area contributed by atoms with Gasteiger partial charge in [-0.05, 0) is 18.2 Å². The minimum Gasteiger partial charge on any atom is -0.465 e. The van der Waals surface area contributed by atoms with Crippen LogP contribution >= 0.6 is 23.2 Å². The van der Waals surface area contributed by atoms with Gasteiger partial charge < -0.3 is 16.6 Å². The van der Waals surface area contributed by atoms with Crippen LogP contribution < -0.4 is 11.5 Å². The fraction of sp³-hybridized carbons (Fsp3) is 0. The Hall–Kier alpha value is -1.13. The third-order valence-electron chi connectivity index (χ3n) is 0.885. The number of benzene rings is 1. The lowest BCUT2D eigenvalue weighted by Crippen LogP contribution is -2.03. The lowest BCUT2D eigenvalue weighted by atomic mass is 10.3. The third kappa shape index (κ3) is 7.24. The summed E-state index contributed by atoms with van der Waals surface area (Å²) in [6, 6.07) is 4.93. The second-order valence-electron chi connectivity index (χ2n) is 2.04. The predicted molar refractivity (Wildman–Crippen MR) is 53.1 cm³/mol. The van der Waals surface area contributed by atoms with E-state index in [9.17, 15) is 0 Å². The third-order valence-corrected chi connectivity index (χ3v) is 1.32. The van der Waals surface area contributed by atoms with E-state index in [0.29, 0.717) is 15.7 Å². The van der Waals surface area contributed by atoms with Gasteiger partial charge in [-0.25, -0.2) is 4.79 Å². The highest BCUT2D eigenvalue weighted by Gasteiger charge is 1.91. The van der Waals surface area contributed by atoms with Crippen molar-refractivity contribution < 1.29 is 9.90 Å². The number of hydrogen-bond donors (Lipinski definition) is 3. The van der Waals surface area contributed by atoms with Crippen LogP contribution in [0.5, 0.6) is 0 Å². The van der Waals surface area contributed by atoms with Crippen LogP contribution in [0.4, 0.5) is 10.5 Å². The molecule has 5 N–H and O–H groups in total. The van der Waals surface area contributed by atoms with Gasteiger partial charge >= 0.3 is 6.09 Å². The molecule has 1 aromatic rings. The van der Waals surface area contributed by atoms with E-state index < -0.39 is 6.09 Å². The monoisotopic (exact) mass is 222 g/mol. The molecule has 72 valence electrons. The van der Waals surface area contributed by atoms with Gasteiger partial charge in [0.2, 0.25) is 0 Å². The van der Waals surface area contributed by atoms with E-state index in [1.54, 1.807) is 18.2 Å². The lowest BCUT2D eigenvalue weighted by Gasteiger charge is -1.93. The van der Waals surface area contributed by atoms with Crippen LogP contribution in [0.3, 0.4) is 0 Å². The number of nitrogens with two attached hydrogens (primary N) is 2. The van der Waals surface area contributed by atoms with E-state index >= 15 is 0 Å². The Morgan fingerprint density at radius 3 is 1.77 bits per heavy atom. The molecule has 4 nitrogen and oxygen atoms in total. The lowest BCUT2D eigenvalue weighted by molar-refractivity contribution is 0.205. The SMILES string of the molecule is NC(=O)O.Nc1cc(Cl)cc(Cl)c1. The molecule has 0 aliphatic rings. The number of primary amides is 1. The van der Waals surface area contributed by atoms with E-state index in [4.69, 9.17) is 38.8 Å². The molecule has 0 aliphatic heterocycles. The Morgan fingerprint density at radius 2 is 1.54 bits per heavy atom. The summed E-state index contributed by atoms with van der Waals surface area (Å²) in [6.07, 6.45) is -1.33. The van der Waals surface area contributed by atoms with Gasteiger partial charge in [-0.2, -0.15) is 0 Å². The highest BCUT2D eigenvalue weighted by Crippen LogP contribution is 2.19. The second kappa shape index (κ2) is 5.50. The topological polar surface area (TPSA) is 89.3 Å². The number of carbonyl (C=O) groups is 1. The van der Waals surface area contributed by atoms with Crippen molar-refractivity contribution in [2.24, 2.45) is 5.73 Å². The smallest absolute Gasteiger partial charge is 0.402 e. The Balaban J connectivity index is 0.000000310. The highest BCUT2D eigenvalue weighted by atomic mass is 35.5. The average Bonchev–Trinajstić information content (AvgIpc) is 1.80. The summed E-state index contributed by atoms with van der Waals surface area (Å²) in [6.45, 7) is 0. The van der Waals surface area contributed by atoms with Crippen molar-refractivity contribution in [3.05, 3.63) is 28.2 Å². The zero-order chi connectivity index (χ0) is 10.4. The molecular weight excluding hydrogens is 215 g/mol. The molecule has 0 atom stereocenters. The predicted octanol–water partition coefficient (Wildman–Crippen LogP) is 2.20. The van der Waals surface area contributed by atoms with Crippen LogP contribution in [0.25, 0.3) is 0 Å². The number of rotatable bonds is 0. The maximum atomic E-state index is 8.78. The minimum atomic E-state index is -1.33. The van der Waals surface area contributed by atoms with Gasteiger partial charge in [-0.15, -0.1) is 0 Å². The molecule has 0 saturated carbocycles. The summed E-state index contributed by atoms with van der Waals surface area (Å²) in [4.78, 5) is 8.78. The van der Waals surface area contributed by atoms with Gasteiger partial charge in [-0.3, -0.25) is 0 Å². The van der Waals surface area contributed by atoms with Crippen molar-refractivity contribution in [3.8, 4) is 0 Å². The molecule has 0 aromatic heterocycles. The van der Waals surface area contributed by atoms with Gasteiger partial charge in [0.1, 0.15) is 0 Å². The first-order chi connectivity index (χ1) is 5.91. The van der Waals surface area contributed by atoms with E-state index in [0.717, 1.165) is 0 Å². The summed E-state index contributed by atoms with van der Waals surface area (Å²) in [5.74, 6) is 0. The maximum absolute atomic E-state index is 8.78. The molecule has 0 fully saturated rings. The van der Waals surface area contributed by atoms with Crippen LogP contribution in [0.15, 0.2) is 18.2 Å². The van der Waals surface area contributed by atoms with Gasteiger partial charge in [0.05, 0.1) is 0 Å². The number of anilines is 1. The Morgan fingerprint density at radius 1 is 1.23 bits per heavy atom. The molecular formula is C7H8Cl2N2O2. The number of nitrogen functional groups attached to an aromatic ring is 1. The molecule has 0 heterocycles. The zero-order valence-electron chi connectivity index (χ0n) is 6.50. The first-order valence-electron chi connectivity index (χ1n) is 3.12. The Kier molecular flexibility index (Phi) is 5.03. The summed E-state index contributed by atoms with van der Waals surface area (Å²) in [5, 5.41) is 8.33. The van der Waals surface area contributed by atoms with Gasteiger partial charge in [0.25, 0.3) is 0 Å². The number of halogens is 2. The van der Waals surface area contributed by atoms with Crippen LogP contribution in [0.2, 0.25) is 10.0 Å². The average molecular weight is 223 g/mol. The zero-order valence-corrected chi connectivity index (χ0v) is 8.01. The van der Waals surface area contributed by atoms with Crippen molar-refractivity contribution in [2.75, 3.05) is 5.73 Å². The maximum Gasteiger partial charge on any atom is 0.402 e. The normalized spacial score (nSPS) is 8.46. The largest absolute Gasteiger partial charge is 0.465 e. The van der Waals surface area contributed by atoms with Crippen molar-refractivity contribution in [3.63, 3.8) is 0 Å². The molecule has 0 aliphatic carbocycles. The van der Waals surface area contributed by atoms with E-state index in [1.165, 1.54) is 0 Å². The molecule has 0 unspecified atom stereocenters. The van der Waals surface area contributed by atoms with E-state index in [1.807, 2.05) is 0 Å². The molecule has 6 heteroatoms. The number of carboxylic acid groups (broad SMARTS) is 1. The molecule has 0 saturated heterocycles. The molecule has 0 spiro atoms. The first-order valence-corrected chi connectivity index (χ1v) is 3.87. The van der Waals surface area contributed by atoms with Crippen molar-refractivity contribution >= 4 is 35.0 Å². The summed E-state index contributed by atoms with van der Waals surface area (Å²) in [7, 11) is 0. The quantitative estimate of drug-likeness (QED) is 0.589. The summed E-state index contributed by atoms with van der Waals surface area (Å²) >= 11 is 11.2. The van der Waals surface area contributed by atoms with Crippen LogP contribution in [0.1, 0.15) is 0 Å². The molecule has 0 radical (unpaired) electrons. The first kappa shape index (κ1) is 11.9. The molecule has 13 heavy (non-hydrogen) atoms. The number of hydrogen-bond acceptors (Lipinski definition) is 2. The minimum absolute atomic E-state index is 0.569. The van der Waals surface area contributed by atoms with Gasteiger partial charge in [0.15, 0.2) is 0 Å². The summed E-state index contributed by atoms with van der Waals surface area (Å²) in [5.41, 5.74) is 10.0. The summed E-state index contributed by atoms with van der Waals surface area (Å²) < 4.78 is 0. The molecule has 0 bridgehead atoms. The molecule has 1 rings (SSSR count). The second-order valence-corrected chi connectivity index (χ2v) is 2.91. The Labute approximate surface area is 85.0 Å². The highest BCUT2D eigenvalue weighted by molar-refractivity contribution is 6.35. The molecule has 1 aromatic carbocycles. The van der Waals surface area contributed by atoms with E-state index in [2.05, 4.69) is 5.73 Å². The van der Waals surface area contributed by atoms with Crippen LogP contribution in [-0.4, -0.2) is 11.2 Å². The van der Waals surface area contributed by atoms with Crippen molar-refractivity contribution in [1.82, 2.24) is 0 Å². The van der Waals surface area contributed by atoms with Gasteiger partial charge in [0, 0.05) is 15.7 Å². The van der Waals surface area contributed by atoms with Crippen molar-refractivity contribution in [2.45, 2.75) is 0 Å².